The fourth-order valence-corrected chi connectivity index (χ4v) is 3.26. The lowest BCUT2D eigenvalue weighted by Crippen LogP contribution is -2.41. The maximum absolute atomic E-state index is 5.90. The van der Waals surface area contributed by atoms with E-state index in [2.05, 4.69) is 27.7 Å². The van der Waals surface area contributed by atoms with Gasteiger partial charge >= 0.3 is 6.08 Å². The van der Waals surface area contributed by atoms with Crippen LogP contribution >= 0.6 is 0 Å². The summed E-state index contributed by atoms with van der Waals surface area (Å²) in [6, 6.07) is 0. The minimum absolute atomic E-state index is 0.149. The molecule has 0 unspecified atom stereocenters. The normalized spacial score (nSPS) is 41.2. The molecule has 3 rings (SSSR count). The van der Waals surface area contributed by atoms with Gasteiger partial charge in [0.15, 0.2) is 0 Å². The number of aliphatic imine (C=N–C) groups is 1. The molecule has 96 valence electrons. The molecule has 2 saturated carbocycles. The van der Waals surface area contributed by atoms with Crippen LogP contribution in [0.4, 0.5) is 0 Å². The first-order valence-corrected chi connectivity index (χ1v) is 6.80. The minimum atomic E-state index is -0.293. The molecule has 2 bridgehead atoms. The average molecular weight is 237 g/mol. The first-order chi connectivity index (χ1) is 7.82. The summed E-state index contributed by atoms with van der Waals surface area (Å²) in [7, 11) is 0. The van der Waals surface area contributed by atoms with Crippen LogP contribution in [0.5, 0.6) is 0 Å². The summed E-state index contributed by atoms with van der Waals surface area (Å²) in [6.07, 6.45) is 6.88. The number of hydrogen-bond acceptors (Lipinski definition) is 3. The van der Waals surface area contributed by atoms with Crippen LogP contribution in [0.1, 0.15) is 59.8 Å². The van der Waals surface area contributed by atoms with E-state index >= 15 is 0 Å². The molecule has 0 aromatic rings. The lowest BCUT2D eigenvalue weighted by Gasteiger charge is -2.28. The number of rotatable bonds is 1. The van der Waals surface area contributed by atoms with E-state index in [-0.39, 0.29) is 16.7 Å². The van der Waals surface area contributed by atoms with Gasteiger partial charge in [0.1, 0.15) is 11.2 Å². The third-order valence-electron chi connectivity index (χ3n) is 5.17. The van der Waals surface area contributed by atoms with Crippen molar-refractivity contribution < 1.29 is 9.47 Å². The van der Waals surface area contributed by atoms with Gasteiger partial charge in [-0.2, -0.15) is 0 Å². The van der Waals surface area contributed by atoms with Crippen LogP contribution < -0.4 is 0 Å². The summed E-state index contributed by atoms with van der Waals surface area (Å²) >= 11 is 0. The first kappa shape index (κ1) is 11.4. The number of fused-ring (bicyclic) bond motifs is 2. The molecule has 3 fully saturated rings. The van der Waals surface area contributed by atoms with Crippen molar-refractivity contribution in [2.24, 2.45) is 10.9 Å². The van der Waals surface area contributed by atoms with Crippen molar-refractivity contribution in [3.05, 3.63) is 0 Å². The van der Waals surface area contributed by atoms with Crippen LogP contribution in [0, 0.1) is 5.92 Å². The molecule has 1 aliphatic heterocycles. The molecule has 0 N–H and O–H groups in total. The van der Waals surface area contributed by atoms with Crippen LogP contribution in [0.2, 0.25) is 0 Å². The summed E-state index contributed by atoms with van der Waals surface area (Å²) in [6.45, 7) is 8.27. The van der Waals surface area contributed by atoms with Crippen LogP contribution in [-0.2, 0) is 9.47 Å². The summed E-state index contributed by atoms with van der Waals surface area (Å²) in [5, 5.41) is 0. The Morgan fingerprint density at radius 3 is 1.94 bits per heavy atom. The minimum Gasteiger partial charge on any atom is -0.440 e. The van der Waals surface area contributed by atoms with Gasteiger partial charge in [0.2, 0.25) is 0 Å². The van der Waals surface area contributed by atoms with Gasteiger partial charge in [-0.15, -0.1) is 0 Å². The molecule has 0 aromatic carbocycles. The van der Waals surface area contributed by atoms with Gasteiger partial charge in [0.05, 0.1) is 5.54 Å². The van der Waals surface area contributed by atoms with Gasteiger partial charge in [0.25, 0.3) is 0 Å². The third kappa shape index (κ3) is 1.66. The van der Waals surface area contributed by atoms with E-state index in [0.29, 0.717) is 6.08 Å². The first-order valence-electron chi connectivity index (χ1n) is 6.80. The van der Waals surface area contributed by atoms with E-state index < -0.39 is 0 Å². The van der Waals surface area contributed by atoms with Gasteiger partial charge in [-0.05, 0) is 65.7 Å². The standard InChI is InChI=1S/C14H23NO2/c1-12(2)13(3,4)17-11(16-12)15-14-7-5-10(9-14)6-8-14/h10H,5-9H2,1-4H3. The van der Waals surface area contributed by atoms with E-state index in [1.54, 1.807) is 0 Å². The van der Waals surface area contributed by atoms with Crippen LogP contribution in [0.15, 0.2) is 4.99 Å². The van der Waals surface area contributed by atoms with Gasteiger partial charge in [0, 0.05) is 0 Å². The lowest BCUT2D eigenvalue weighted by atomic mass is 9.90. The summed E-state index contributed by atoms with van der Waals surface area (Å²) in [4.78, 5) is 4.83. The highest BCUT2D eigenvalue weighted by molar-refractivity contribution is 5.71. The monoisotopic (exact) mass is 237 g/mol. The van der Waals surface area contributed by atoms with Crippen LogP contribution in [-0.4, -0.2) is 22.8 Å². The Kier molecular flexibility index (Phi) is 2.13. The molecule has 2 aliphatic carbocycles. The Labute approximate surface area is 104 Å². The third-order valence-corrected chi connectivity index (χ3v) is 5.17. The van der Waals surface area contributed by atoms with Gasteiger partial charge < -0.3 is 9.47 Å². The topological polar surface area (TPSA) is 30.8 Å². The molecule has 1 heterocycles. The molecule has 1 saturated heterocycles. The molecule has 0 spiro atoms. The molecule has 0 atom stereocenters. The molecule has 17 heavy (non-hydrogen) atoms. The van der Waals surface area contributed by atoms with Crippen molar-refractivity contribution in [1.82, 2.24) is 0 Å². The quantitative estimate of drug-likeness (QED) is 0.700. The largest absolute Gasteiger partial charge is 0.440 e. The molecule has 0 aromatic heterocycles. The summed E-state index contributed by atoms with van der Waals surface area (Å²) in [5.41, 5.74) is -0.436. The fraction of sp³-hybridized carbons (Fsp3) is 0.929. The van der Waals surface area contributed by atoms with Crippen molar-refractivity contribution in [1.29, 1.82) is 0 Å². The van der Waals surface area contributed by atoms with Gasteiger partial charge in [-0.1, -0.05) is 0 Å². The number of ether oxygens (including phenoxy) is 2. The summed E-state index contributed by atoms with van der Waals surface area (Å²) < 4.78 is 11.8. The predicted octanol–water partition coefficient (Wildman–Crippen LogP) is 3.28. The predicted molar refractivity (Wildman–Crippen MR) is 67.1 cm³/mol. The Morgan fingerprint density at radius 2 is 1.53 bits per heavy atom. The Hall–Kier alpha value is -0.730. The number of hydrogen-bond donors (Lipinski definition) is 0. The number of nitrogens with zero attached hydrogens (tertiary/aromatic N) is 1. The van der Waals surface area contributed by atoms with Crippen LogP contribution in [0.3, 0.4) is 0 Å². The van der Waals surface area contributed by atoms with Gasteiger partial charge in [-0.3, -0.25) is 0 Å². The zero-order valence-electron chi connectivity index (χ0n) is 11.4. The van der Waals surface area contributed by atoms with Crippen molar-refractivity contribution >= 4 is 6.08 Å². The zero-order chi connectivity index (χ0) is 12.3. The van der Waals surface area contributed by atoms with Crippen LogP contribution in [0.25, 0.3) is 0 Å². The molecule has 3 aliphatic rings. The van der Waals surface area contributed by atoms with E-state index in [1.807, 2.05) is 0 Å². The molecular formula is C14H23NO2. The molecular weight excluding hydrogens is 214 g/mol. The Balaban J connectivity index is 1.83. The van der Waals surface area contributed by atoms with E-state index in [4.69, 9.17) is 14.5 Å². The lowest BCUT2D eigenvalue weighted by molar-refractivity contribution is 0.00578. The summed E-state index contributed by atoms with van der Waals surface area (Å²) in [5.74, 6) is 0.904. The van der Waals surface area contributed by atoms with E-state index in [9.17, 15) is 0 Å². The van der Waals surface area contributed by atoms with E-state index in [1.165, 1.54) is 32.1 Å². The zero-order valence-corrected chi connectivity index (χ0v) is 11.4. The molecule has 3 nitrogen and oxygen atoms in total. The Morgan fingerprint density at radius 1 is 1.00 bits per heavy atom. The molecule has 0 amide bonds. The average Bonchev–Trinajstić information content (AvgIpc) is 2.79. The highest BCUT2D eigenvalue weighted by Crippen LogP contribution is 2.51. The Bertz CT molecular complexity index is 344. The van der Waals surface area contributed by atoms with E-state index in [0.717, 1.165) is 5.92 Å². The van der Waals surface area contributed by atoms with Crippen molar-refractivity contribution in [2.75, 3.05) is 0 Å². The van der Waals surface area contributed by atoms with Crippen molar-refractivity contribution in [3.63, 3.8) is 0 Å². The highest BCUT2D eigenvalue weighted by atomic mass is 16.7. The highest BCUT2D eigenvalue weighted by Gasteiger charge is 2.52. The second-order valence-electron chi connectivity index (χ2n) is 6.97. The second-order valence-corrected chi connectivity index (χ2v) is 6.97. The fourth-order valence-electron chi connectivity index (χ4n) is 3.26. The maximum atomic E-state index is 5.90. The SMILES string of the molecule is CC1(C)OC(=NC23CCC(CC2)C3)OC1(C)C. The second kappa shape index (κ2) is 3.18. The smallest absolute Gasteiger partial charge is 0.385 e. The molecule has 3 heteroatoms. The molecule has 0 radical (unpaired) electrons. The van der Waals surface area contributed by atoms with Crippen molar-refractivity contribution in [3.8, 4) is 0 Å². The maximum Gasteiger partial charge on any atom is 0.385 e. The van der Waals surface area contributed by atoms with Gasteiger partial charge in [-0.25, -0.2) is 4.99 Å². The van der Waals surface area contributed by atoms with Crippen molar-refractivity contribution in [2.45, 2.75) is 76.5 Å².